The topological polar surface area (TPSA) is 58.1 Å². The number of benzene rings is 1. The molecule has 4 rings (SSSR count). The monoisotopic (exact) mass is 324 g/mol. The molecule has 3 heterocycles. The lowest BCUT2D eigenvalue weighted by atomic mass is 10.1. The number of pyridine rings is 1. The van der Waals surface area contributed by atoms with Crippen LogP contribution in [0.5, 0.6) is 0 Å². The van der Waals surface area contributed by atoms with Gasteiger partial charge in [0.15, 0.2) is 0 Å². The molecule has 1 aromatic carbocycles. The highest BCUT2D eigenvalue weighted by Crippen LogP contribution is 2.31. The van der Waals surface area contributed by atoms with E-state index in [0.29, 0.717) is 11.3 Å². The second kappa shape index (κ2) is 6.06. The Morgan fingerprint density at radius 2 is 1.96 bits per heavy atom. The third-order valence-electron chi connectivity index (χ3n) is 3.94. The number of nitrogens with one attached hydrogen (secondary N) is 1. The number of thiazole rings is 1. The number of rotatable bonds is 2. The third-order valence-corrected chi connectivity index (χ3v) is 4.98. The smallest absolute Gasteiger partial charge is 0.256 e. The van der Waals surface area contributed by atoms with Gasteiger partial charge < -0.3 is 10.2 Å². The molecule has 1 aliphatic heterocycles. The maximum absolute atomic E-state index is 12.8. The quantitative estimate of drug-likeness (QED) is 0.786. The van der Waals surface area contributed by atoms with Gasteiger partial charge in [-0.05, 0) is 24.3 Å². The zero-order valence-corrected chi connectivity index (χ0v) is 13.3. The van der Waals surface area contributed by atoms with Gasteiger partial charge in [-0.1, -0.05) is 12.1 Å². The van der Waals surface area contributed by atoms with Gasteiger partial charge in [-0.3, -0.25) is 9.78 Å². The lowest BCUT2D eigenvalue weighted by molar-refractivity contribution is 0.0736. The maximum Gasteiger partial charge on any atom is 0.256 e. The van der Waals surface area contributed by atoms with Gasteiger partial charge in [0.25, 0.3) is 5.91 Å². The number of hydrogen-bond acceptors (Lipinski definition) is 5. The van der Waals surface area contributed by atoms with Crippen LogP contribution in [0, 0.1) is 0 Å². The van der Waals surface area contributed by atoms with Crippen molar-refractivity contribution in [3.05, 3.63) is 48.2 Å². The van der Waals surface area contributed by atoms with E-state index in [2.05, 4.69) is 15.3 Å². The normalized spacial score (nSPS) is 15.0. The summed E-state index contributed by atoms with van der Waals surface area (Å²) in [5, 5.41) is 4.06. The predicted molar refractivity (Wildman–Crippen MR) is 91.6 cm³/mol. The maximum atomic E-state index is 12.8. The van der Waals surface area contributed by atoms with Crippen LogP contribution in [-0.4, -0.2) is 47.0 Å². The second-order valence-electron chi connectivity index (χ2n) is 5.43. The summed E-state index contributed by atoms with van der Waals surface area (Å²) < 4.78 is 1.11. The Morgan fingerprint density at radius 3 is 2.78 bits per heavy atom. The number of amides is 1. The average molecular weight is 324 g/mol. The molecule has 3 aromatic rings. The van der Waals surface area contributed by atoms with Crippen LogP contribution in [0.4, 0.5) is 0 Å². The molecule has 5 nitrogen and oxygen atoms in total. The van der Waals surface area contributed by atoms with Crippen LogP contribution < -0.4 is 5.32 Å². The fourth-order valence-electron chi connectivity index (χ4n) is 2.76. The first-order valence-corrected chi connectivity index (χ1v) is 8.45. The van der Waals surface area contributed by atoms with Crippen LogP contribution in [0.2, 0.25) is 0 Å². The molecule has 1 fully saturated rings. The molecule has 116 valence electrons. The minimum absolute atomic E-state index is 0.0360. The number of aromatic nitrogens is 2. The summed E-state index contributed by atoms with van der Waals surface area (Å²) >= 11 is 1.57. The Hall–Kier alpha value is -2.31. The van der Waals surface area contributed by atoms with Crippen molar-refractivity contribution in [3.63, 3.8) is 0 Å². The first-order valence-electron chi connectivity index (χ1n) is 7.64. The minimum Gasteiger partial charge on any atom is -0.336 e. The molecule has 23 heavy (non-hydrogen) atoms. The Kier molecular flexibility index (Phi) is 3.77. The molecule has 0 aliphatic carbocycles. The van der Waals surface area contributed by atoms with Gasteiger partial charge in [0, 0.05) is 32.4 Å². The Morgan fingerprint density at radius 1 is 1.13 bits per heavy atom. The van der Waals surface area contributed by atoms with E-state index in [4.69, 9.17) is 0 Å². The summed E-state index contributed by atoms with van der Waals surface area (Å²) in [5.74, 6) is 0.0360. The zero-order chi connectivity index (χ0) is 15.6. The highest BCUT2D eigenvalue weighted by Gasteiger charge is 2.23. The number of fused-ring (bicyclic) bond motifs is 1. The van der Waals surface area contributed by atoms with Gasteiger partial charge in [-0.2, -0.15) is 0 Å². The van der Waals surface area contributed by atoms with E-state index in [1.807, 2.05) is 41.3 Å². The summed E-state index contributed by atoms with van der Waals surface area (Å²) in [7, 11) is 0. The lowest BCUT2D eigenvalue weighted by Gasteiger charge is -2.27. The molecule has 0 spiro atoms. The van der Waals surface area contributed by atoms with Crippen LogP contribution in [0.1, 0.15) is 10.4 Å². The van der Waals surface area contributed by atoms with E-state index in [9.17, 15) is 4.79 Å². The first kappa shape index (κ1) is 14.3. The largest absolute Gasteiger partial charge is 0.336 e. The SMILES string of the molecule is O=C(c1cccnc1-c1nc2ccccc2s1)N1CCNCC1. The minimum atomic E-state index is 0.0360. The molecular formula is C17H16N4OS. The molecule has 1 amide bonds. The van der Waals surface area contributed by atoms with Gasteiger partial charge in [0.2, 0.25) is 0 Å². The summed E-state index contributed by atoms with van der Waals surface area (Å²) in [6.07, 6.45) is 1.72. The second-order valence-corrected chi connectivity index (χ2v) is 6.46. The van der Waals surface area contributed by atoms with Crippen molar-refractivity contribution in [3.8, 4) is 10.7 Å². The zero-order valence-electron chi connectivity index (χ0n) is 12.5. The van der Waals surface area contributed by atoms with Crippen molar-refractivity contribution in [1.82, 2.24) is 20.2 Å². The van der Waals surface area contributed by atoms with Crippen LogP contribution in [0.15, 0.2) is 42.6 Å². The molecule has 0 saturated carbocycles. The Labute approximate surface area is 138 Å². The molecule has 0 unspecified atom stereocenters. The van der Waals surface area contributed by atoms with E-state index in [1.165, 1.54) is 0 Å². The number of piperazine rings is 1. The van der Waals surface area contributed by atoms with Crippen LogP contribution in [-0.2, 0) is 0 Å². The van der Waals surface area contributed by atoms with Crippen molar-refractivity contribution >= 4 is 27.5 Å². The Balaban J connectivity index is 1.75. The lowest BCUT2D eigenvalue weighted by Crippen LogP contribution is -2.46. The van der Waals surface area contributed by atoms with Gasteiger partial charge in [0.1, 0.15) is 10.7 Å². The molecule has 0 bridgehead atoms. The van der Waals surface area contributed by atoms with E-state index in [1.54, 1.807) is 17.5 Å². The molecule has 2 aromatic heterocycles. The van der Waals surface area contributed by atoms with Crippen molar-refractivity contribution in [1.29, 1.82) is 0 Å². The predicted octanol–water partition coefficient (Wildman–Crippen LogP) is 2.40. The standard InChI is InChI=1S/C17H16N4OS/c22-17(21-10-8-18-9-11-21)12-4-3-7-19-15(12)16-20-13-5-1-2-6-14(13)23-16/h1-7,18H,8-11H2. The van der Waals surface area contributed by atoms with Crippen LogP contribution in [0.25, 0.3) is 20.9 Å². The van der Waals surface area contributed by atoms with E-state index in [-0.39, 0.29) is 5.91 Å². The van der Waals surface area contributed by atoms with E-state index < -0.39 is 0 Å². The molecule has 1 N–H and O–H groups in total. The van der Waals surface area contributed by atoms with Crippen molar-refractivity contribution in [2.24, 2.45) is 0 Å². The number of para-hydroxylation sites is 1. The highest BCUT2D eigenvalue weighted by molar-refractivity contribution is 7.21. The summed E-state index contributed by atoms with van der Waals surface area (Å²) in [4.78, 5) is 23.8. The summed E-state index contributed by atoms with van der Waals surface area (Å²) in [5.41, 5.74) is 2.25. The van der Waals surface area contributed by atoms with Crippen molar-refractivity contribution in [2.45, 2.75) is 0 Å². The average Bonchev–Trinajstić information content (AvgIpc) is 3.06. The summed E-state index contributed by atoms with van der Waals surface area (Å²) in [6, 6.07) is 11.6. The van der Waals surface area contributed by atoms with Gasteiger partial charge >= 0.3 is 0 Å². The third kappa shape index (κ3) is 2.71. The molecule has 0 radical (unpaired) electrons. The Bertz CT molecular complexity index is 821. The molecular weight excluding hydrogens is 308 g/mol. The molecule has 0 atom stereocenters. The summed E-state index contributed by atoms with van der Waals surface area (Å²) in [6.45, 7) is 3.13. The van der Waals surface area contributed by atoms with Crippen LogP contribution >= 0.6 is 11.3 Å². The van der Waals surface area contributed by atoms with Gasteiger partial charge in [0.05, 0.1) is 15.8 Å². The molecule has 1 saturated heterocycles. The van der Waals surface area contributed by atoms with Gasteiger partial charge in [-0.25, -0.2) is 4.98 Å². The number of nitrogens with zero attached hydrogens (tertiary/aromatic N) is 3. The first-order chi connectivity index (χ1) is 11.3. The van der Waals surface area contributed by atoms with E-state index >= 15 is 0 Å². The fourth-order valence-corrected chi connectivity index (χ4v) is 3.74. The van der Waals surface area contributed by atoms with E-state index in [0.717, 1.165) is 41.4 Å². The van der Waals surface area contributed by atoms with Crippen molar-refractivity contribution in [2.75, 3.05) is 26.2 Å². The van der Waals surface area contributed by atoms with Crippen molar-refractivity contribution < 1.29 is 4.79 Å². The molecule has 6 heteroatoms. The highest BCUT2D eigenvalue weighted by atomic mass is 32.1. The fraction of sp³-hybridized carbons (Fsp3) is 0.235. The molecule has 1 aliphatic rings. The number of hydrogen-bond donors (Lipinski definition) is 1. The van der Waals surface area contributed by atoms with Gasteiger partial charge in [-0.15, -0.1) is 11.3 Å². The number of carbonyl (C=O) groups is 1. The number of carbonyl (C=O) groups excluding carboxylic acids is 1. The van der Waals surface area contributed by atoms with Crippen LogP contribution in [0.3, 0.4) is 0 Å².